The van der Waals surface area contributed by atoms with Gasteiger partial charge in [-0.05, 0) is 57.3 Å². The minimum absolute atomic E-state index is 0.0692. The summed E-state index contributed by atoms with van der Waals surface area (Å²) in [6, 6.07) is 6.81. The largest absolute Gasteiger partial charge is 0.349 e. The van der Waals surface area contributed by atoms with Crippen LogP contribution in [0.5, 0.6) is 0 Å². The predicted molar refractivity (Wildman–Crippen MR) is 139 cm³/mol. The van der Waals surface area contributed by atoms with E-state index in [2.05, 4.69) is 20.4 Å². The Labute approximate surface area is 238 Å². The highest BCUT2D eigenvalue weighted by Gasteiger charge is 2.42. The quantitative estimate of drug-likeness (QED) is 0.461. The van der Waals surface area contributed by atoms with Crippen LogP contribution in [0.15, 0.2) is 30.3 Å². The second kappa shape index (κ2) is 10.8. The second-order valence-corrected chi connectivity index (χ2v) is 10.0. The number of carbonyl (C=O) groups is 1. The minimum atomic E-state index is -5.11. The van der Waals surface area contributed by atoms with Gasteiger partial charge in [0.25, 0.3) is 0 Å². The molecule has 1 N–H and O–H groups in total. The highest BCUT2D eigenvalue weighted by Crippen LogP contribution is 2.42. The summed E-state index contributed by atoms with van der Waals surface area (Å²) in [5, 5.41) is 10.4. The zero-order chi connectivity index (χ0) is 38.3. The Bertz CT molecular complexity index is 1560. The average molecular weight is 528 g/mol. The first-order valence-corrected chi connectivity index (χ1v) is 12.6. The molecule has 1 amide bonds. The highest BCUT2D eigenvalue weighted by atomic mass is 19.3. The summed E-state index contributed by atoms with van der Waals surface area (Å²) in [6.45, 7) is -3.30. The fourth-order valence-corrected chi connectivity index (χ4v) is 5.84. The number of piperidine rings is 1. The molecule has 4 unspecified atom stereocenters. The van der Waals surface area contributed by atoms with Crippen LogP contribution in [0.1, 0.15) is 126 Å². The number of halogens is 2. The fourth-order valence-electron chi connectivity index (χ4n) is 5.84. The molecule has 5 rings (SSSR count). The van der Waals surface area contributed by atoms with Crippen LogP contribution >= 0.6 is 0 Å². The van der Waals surface area contributed by atoms with E-state index < -0.39 is 74.9 Å². The molecular weight excluding hydrogens is 472 g/mol. The Kier molecular flexibility index (Phi) is 4.13. The van der Waals surface area contributed by atoms with E-state index in [0.29, 0.717) is 24.9 Å². The maximum Gasteiger partial charge on any atom is 0.248 e. The maximum atomic E-state index is 15.0. The van der Waals surface area contributed by atoms with Crippen molar-refractivity contribution in [1.82, 2.24) is 25.0 Å². The zero-order valence-corrected chi connectivity index (χ0v) is 20.5. The summed E-state index contributed by atoms with van der Waals surface area (Å²) < 4.78 is 144. The number of rotatable bonds is 8. The molecule has 1 aromatic heterocycles. The number of alkyl halides is 2. The van der Waals surface area contributed by atoms with Gasteiger partial charge >= 0.3 is 0 Å². The molecule has 3 fully saturated rings. The van der Waals surface area contributed by atoms with Gasteiger partial charge in [-0.3, -0.25) is 9.69 Å². The van der Waals surface area contributed by atoms with Gasteiger partial charge in [-0.25, -0.2) is 8.78 Å². The maximum absolute atomic E-state index is 15.0. The van der Waals surface area contributed by atoms with E-state index in [9.17, 15) is 4.79 Å². The van der Waals surface area contributed by atoms with Crippen LogP contribution in [0.4, 0.5) is 8.78 Å². The average Bonchev–Trinajstić information content (AvgIpc) is 3.55. The van der Waals surface area contributed by atoms with E-state index in [0.717, 1.165) is 12.8 Å². The lowest BCUT2D eigenvalue weighted by atomic mass is 9.86. The molecule has 6 nitrogen and oxygen atoms in total. The van der Waals surface area contributed by atoms with Crippen LogP contribution in [0, 0.1) is 12.8 Å². The Morgan fingerprint density at radius 1 is 1.16 bits per heavy atom. The van der Waals surface area contributed by atoms with Crippen LogP contribution in [0.3, 0.4) is 0 Å². The molecule has 2 saturated heterocycles. The van der Waals surface area contributed by atoms with Crippen molar-refractivity contribution >= 4 is 5.91 Å². The minimum Gasteiger partial charge on any atom is -0.349 e. The Morgan fingerprint density at radius 2 is 1.86 bits per heavy atom. The third-order valence-corrected chi connectivity index (χ3v) is 7.54. The normalized spacial score (nSPS) is 39.4. The fraction of sp³-hybridized carbons (Fsp3) is 0.690. The van der Waals surface area contributed by atoms with Crippen molar-refractivity contribution in [1.29, 1.82) is 0 Å². The van der Waals surface area contributed by atoms with Crippen LogP contribution in [-0.2, 0) is 4.79 Å². The summed E-state index contributed by atoms with van der Waals surface area (Å²) in [6.07, 6.45) is -13.6. The lowest BCUT2D eigenvalue weighted by Gasteiger charge is -2.40. The number of carbonyl (C=O) groups excluding carboxylic acids is 1. The van der Waals surface area contributed by atoms with Gasteiger partial charge < -0.3 is 9.88 Å². The number of aromatic nitrogens is 3. The van der Waals surface area contributed by atoms with Gasteiger partial charge in [0, 0.05) is 68.4 Å². The van der Waals surface area contributed by atoms with E-state index in [1.807, 2.05) is 0 Å². The molecule has 0 radical (unpaired) electrons. The van der Waals surface area contributed by atoms with Gasteiger partial charge in [-0.2, -0.15) is 0 Å². The molecule has 1 aromatic carbocycles. The van der Waals surface area contributed by atoms with Gasteiger partial charge in [0.2, 0.25) is 11.8 Å². The van der Waals surface area contributed by atoms with Crippen molar-refractivity contribution in [3.8, 4) is 0 Å². The topological polar surface area (TPSA) is 63.1 Å². The van der Waals surface area contributed by atoms with E-state index in [1.165, 1.54) is 11.5 Å². The van der Waals surface area contributed by atoms with Crippen molar-refractivity contribution in [2.24, 2.45) is 5.92 Å². The van der Waals surface area contributed by atoms with Crippen LogP contribution in [-0.4, -0.2) is 50.1 Å². The Balaban J connectivity index is 1.39. The smallest absolute Gasteiger partial charge is 0.248 e. The SMILES string of the molecule is [2H]C([2H])([2H])c1nnc(C(C)C([2H])([2H])[2H])n1C1CC2CCC(C1)N2CCC(NC(=O)C1C([2H])([2H])C([2H])([2H])C(F)(F)C([2H])([2H])C1([2H])[2H])c1ccccc1. The number of nitrogens with one attached hydrogen (secondary N) is 1. The molecule has 3 aliphatic rings. The predicted octanol–water partition coefficient (Wildman–Crippen LogP) is 5.95. The molecule has 4 atom stereocenters. The molecule has 2 aliphatic heterocycles. The first kappa shape index (κ1) is 14.2. The molecule has 1 aliphatic carbocycles. The molecule has 202 valence electrons. The van der Waals surface area contributed by atoms with Crippen LogP contribution < -0.4 is 5.32 Å². The molecule has 0 spiro atoms. The number of aryl methyl sites for hydroxylation is 1. The number of benzene rings is 1. The molecule has 2 aromatic rings. The monoisotopic (exact) mass is 527 g/mol. The number of nitrogens with zero attached hydrogens (tertiary/aromatic N) is 4. The Morgan fingerprint density at radius 3 is 2.51 bits per heavy atom. The first-order valence-electron chi connectivity index (χ1n) is 19.6. The van der Waals surface area contributed by atoms with Gasteiger partial charge in [-0.15, -0.1) is 10.2 Å². The second-order valence-electron chi connectivity index (χ2n) is 10.0. The highest BCUT2D eigenvalue weighted by molar-refractivity contribution is 5.79. The van der Waals surface area contributed by atoms with Crippen LogP contribution in [0.25, 0.3) is 0 Å². The first-order chi connectivity index (χ1) is 23.2. The van der Waals surface area contributed by atoms with Gasteiger partial charge in [-0.1, -0.05) is 44.1 Å². The van der Waals surface area contributed by atoms with Crippen molar-refractivity contribution in [2.75, 3.05) is 6.54 Å². The van der Waals surface area contributed by atoms with Crippen molar-refractivity contribution in [2.45, 2.75) is 114 Å². The summed E-state index contributed by atoms with van der Waals surface area (Å²) in [7, 11) is 0. The Hall–Kier alpha value is -2.35. The van der Waals surface area contributed by atoms with Crippen LogP contribution in [0.2, 0.25) is 0 Å². The molecule has 8 heteroatoms. The lowest BCUT2D eigenvalue weighted by Crippen LogP contribution is -2.45. The van der Waals surface area contributed by atoms with E-state index in [1.54, 1.807) is 30.3 Å². The molecule has 1 saturated carbocycles. The number of hydrogen-bond donors (Lipinski definition) is 1. The van der Waals surface area contributed by atoms with Crippen molar-refractivity contribution in [3.05, 3.63) is 47.5 Å². The number of amides is 1. The number of hydrogen-bond acceptors (Lipinski definition) is 4. The third-order valence-electron chi connectivity index (χ3n) is 7.54. The van der Waals surface area contributed by atoms with Crippen molar-refractivity contribution in [3.63, 3.8) is 0 Å². The van der Waals surface area contributed by atoms with E-state index >= 15 is 8.78 Å². The number of fused-ring (bicyclic) bond motifs is 2. The molecule has 3 heterocycles. The van der Waals surface area contributed by atoms with Gasteiger partial charge in [0.1, 0.15) is 11.6 Å². The summed E-state index contributed by atoms with van der Waals surface area (Å²) in [4.78, 5) is 15.9. The van der Waals surface area contributed by atoms with Gasteiger partial charge in [0.05, 0.1) is 6.04 Å². The van der Waals surface area contributed by atoms with Crippen molar-refractivity contribution < 1.29 is 32.8 Å². The standard InChI is InChI=1S/C29H41F2N5O/c1-19(2)27-34-33-20(3)36(27)25-17-23-9-10-24(18-25)35(23)16-13-26(21-7-5-4-6-8-21)32-28(37)22-11-14-29(30,31)15-12-22/h4-8,19,22-26H,9-18H2,1-3H3,(H,32,37)/i1D3,3D3,11D2,12D2,14D2,15D2. The van der Waals surface area contributed by atoms with E-state index in [4.69, 9.17) is 19.2 Å². The molecule has 2 bridgehead atoms. The summed E-state index contributed by atoms with van der Waals surface area (Å²) in [5.74, 6) is -10.6. The third kappa shape index (κ3) is 5.74. The van der Waals surface area contributed by atoms with Gasteiger partial charge in [0.15, 0.2) is 0 Å². The molecular formula is C29H41F2N5O. The summed E-state index contributed by atoms with van der Waals surface area (Å²) >= 11 is 0. The lowest BCUT2D eigenvalue weighted by molar-refractivity contribution is -0.130. The molecule has 37 heavy (non-hydrogen) atoms. The zero-order valence-electron chi connectivity index (χ0n) is 34.5. The van der Waals surface area contributed by atoms with E-state index in [-0.39, 0.29) is 30.2 Å². The summed E-state index contributed by atoms with van der Waals surface area (Å²) in [5.41, 5.74) is 0.511.